The maximum absolute atomic E-state index is 12.1. The van der Waals surface area contributed by atoms with Gasteiger partial charge in [-0.05, 0) is 12.1 Å². The van der Waals surface area contributed by atoms with Gasteiger partial charge in [0.05, 0.1) is 7.11 Å². The van der Waals surface area contributed by atoms with Crippen LogP contribution in [0.4, 0.5) is 0 Å². The minimum Gasteiger partial charge on any atom is -0.495 e. The summed E-state index contributed by atoms with van der Waals surface area (Å²) >= 11 is 5.73. The monoisotopic (exact) mass is 293 g/mol. The van der Waals surface area contributed by atoms with Gasteiger partial charge in [0.1, 0.15) is 17.2 Å². The van der Waals surface area contributed by atoms with E-state index in [0.29, 0.717) is 5.02 Å². The Morgan fingerprint density at radius 2 is 2.11 bits per heavy atom. The number of nitrogens with zero attached hydrogens (tertiary/aromatic N) is 1. The number of hydrogen-bond donors (Lipinski definition) is 1. The molecule has 0 radical (unpaired) electrons. The topological polar surface area (TPSA) is 83.9 Å². The molecule has 0 amide bonds. The van der Waals surface area contributed by atoms with Gasteiger partial charge < -0.3 is 9.84 Å². The molecule has 0 aliphatic rings. The molecule has 0 aliphatic carbocycles. The lowest BCUT2D eigenvalue weighted by atomic mass is 10.3. The van der Waals surface area contributed by atoms with Gasteiger partial charge in [-0.1, -0.05) is 11.6 Å². The summed E-state index contributed by atoms with van der Waals surface area (Å²) in [6, 6.07) is 4.02. The lowest BCUT2D eigenvalue weighted by Crippen LogP contribution is -2.32. The van der Waals surface area contributed by atoms with Crippen molar-refractivity contribution in [2.75, 3.05) is 20.7 Å². The average Bonchev–Trinajstić information content (AvgIpc) is 2.27. The fraction of sp³-hybridized carbons (Fsp3) is 0.300. The van der Waals surface area contributed by atoms with Gasteiger partial charge in [0.25, 0.3) is 0 Å². The number of sulfonamides is 1. The molecule has 1 N–H and O–H groups in total. The van der Waals surface area contributed by atoms with Gasteiger partial charge in [-0.2, -0.15) is 4.31 Å². The van der Waals surface area contributed by atoms with E-state index in [4.69, 9.17) is 21.4 Å². The highest BCUT2D eigenvalue weighted by molar-refractivity contribution is 7.89. The molecule has 1 rings (SSSR count). The molecule has 0 unspecified atom stereocenters. The van der Waals surface area contributed by atoms with Crippen LogP contribution in [0.3, 0.4) is 0 Å². The first-order chi connectivity index (χ1) is 8.28. The maximum atomic E-state index is 12.1. The molecule has 0 saturated carbocycles. The zero-order chi connectivity index (χ0) is 13.9. The van der Waals surface area contributed by atoms with E-state index in [-0.39, 0.29) is 10.6 Å². The van der Waals surface area contributed by atoms with Crippen LogP contribution in [0.5, 0.6) is 5.75 Å². The van der Waals surface area contributed by atoms with Crippen molar-refractivity contribution in [2.24, 2.45) is 0 Å². The summed E-state index contributed by atoms with van der Waals surface area (Å²) in [5.41, 5.74) is 0. The van der Waals surface area contributed by atoms with Gasteiger partial charge in [-0.3, -0.25) is 4.79 Å². The molecule has 0 spiro atoms. The van der Waals surface area contributed by atoms with Crippen LogP contribution in [-0.2, 0) is 14.8 Å². The largest absolute Gasteiger partial charge is 0.495 e. The third-order valence-electron chi connectivity index (χ3n) is 2.17. The van der Waals surface area contributed by atoms with E-state index in [0.717, 1.165) is 4.31 Å². The van der Waals surface area contributed by atoms with Gasteiger partial charge >= 0.3 is 5.97 Å². The van der Waals surface area contributed by atoms with Crippen molar-refractivity contribution in [1.29, 1.82) is 0 Å². The summed E-state index contributed by atoms with van der Waals surface area (Å²) in [4.78, 5) is 10.4. The molecule has 18 heavy (non-hydrogen) atoms. The van der Waals surface area contributed by atoms with E-state index < -0.39 is 22.5 Å². The van der Waals surface area contributed by atoms with Crippen LogP contribution in [0.15, 0.2) is 23.1 Å². The molecule has 0 heterocycles. The van der Waals surface area contributed by atoms with Crippen molar-refractivity contribution >= 4 is 27.6 Å². The standard InChI is InChI=1S/C10H12ClNO5S/c1-12(6-10(13)14)18(15,16)9-4-3-7(11)5-8(9)17-2/h3-5H,6H2,1-2H3,(H,13,14). The van der Waals surface area contributed by atoms with Crippen molar-refractivity contribution < 1.29 is 23.1 Å². The number of hydrogen-bond acceptors (Lipinski definition) is 4. The predicted molar refractivity (Wildman–Crippen MR) is 65.5 cm³/mol. The molecule has 0 fully saturated rings. The normalized spacial score (nSPS) is 11.6. The van der Waals surface area contributed by atoms with Crippen molar-refractivity contribution in [3.63, 3.8) is 0 Å². The number of aliphatic carboxylic acids is 1. The lowest BCUT2D eigenvalue weighted by molar-refractivity contribution is -0.137. The molecule has 100 valence electrons. The highest BCUT2D eigenvalue weighted by atomic mass is 35.5. The second-order valence-electron chi connectivity index (χ2n) is 3.45. The molecule has 8 heteroatoms. The molecule has 0 atom stereocenters. The molecule has 0 aromatic heterocycles. The van der Waals surface area contributed by atoms with Gasteiger partial charge in [0.2, 0.25) is 10.0 Å². The number of benzene rings is 1. The van der Waals surface area contributed by atoms with Crippen LogP contribution in [0.1, 0.15) is 0 Å². The lowest BCUT2D eigenvalue weighted by Gasteiger charge is -2.17. The molecule has 6 nitrogen and oxygen atoms in total. The van der Waals surface area contributed by atoms with E-state index in [9.17, 15) is 13.2 Å². The Morgan fingerprint density at radius 3 is 2.61 bits per heavy atom. The fourth-order valence-corrected chi connectivity index (χ4v) is 2.71. The van der Waals surface area contributed by atoms with Crippen LogP contribution >= 0.6 is 11.6 Å². The first kappa shape index (κ1) is 14.7. The Kier molecular flexibility index (Phi) is 4.55. The number of ether oxygens (including phenoxy) is 1. The van der Waals surface area contributed by atoms with Crippen LogP contribution in [-0.4, -0.2) is 44.5 Å². The number of carboxylic acids is 1. The summed E-state index contributed by atoms with van der Waals surface area (Å²) < 4.78 is 29.8. The summed E-state index contributed by atoms with van der Waals surface area (Å²) in [6.07, 6.45) is 0. The van der Waals surface area contributed by atoms with Crippen LogP contribution in [0, 0.1) is 0 Å². The van der Waals surface area contributed by atoms with Crippen molar-refractivity contribution in [2.45, 2.75) is 4.90 Å². The quantitative estimate of drug-likeness (QED) is 0.877. The van der Waals surface area contributed by atoms with Crippen LogP contribution in [0.25, 0.3) is 0 Å². The fourth-order valence-electron chi connectivity index (χ4n) is 1.30. The molecule has 1 aromatic carbocycles. The van der Waals surface area contributed by atoms with Gasteiger partial charge in [-0.15, -0.1) is 0 Å². The minimum absolute atomic E-state index is 0.0692. The maximum Gasteiger partial charge on any atom is 0.318 e. The van der Waals surface area contributed by atoms with Gasteiger partial charge in [-0.25, -0.2) is 8.42 Å². The number of carbonyl (C=O) groups is 1. The highest BCUT2D eigenvalue weighted by Crippen LogP contribution is 2.28. The zero-order valence-corrected chi connectivity index (χ0v) is 11.3. The predicted octanol–water partition coefficient (Wildman–Crippen LogP) is 1.05. The summed E-state index contributed by atoms with van der Waals surface area (Å²) in [6.45, 7) is -0.631. The zero-order valence-electron chi connectivity index (χ0n) is 9.75. The number of likely N-dealkylation sites (N-methyl/N-ethyl adjacent to an activating group) is 1. The van der Waals surface area contributed by atoms with E-state index in [1.54, 1.807) is 0 Å². The van der Waals surface area contributed by atoms with Crippen molar-refractivity contribution in [3.05, 3.63) is 23.2 Å². The second kappa shape index (κ2) is 5.55. The summed E-state index contributed by atoms with van der Waals surface area (Å²) in [7, 11) is -1.44. The molecular formula is C10H12ClNO5S. The minimum atomic E-state index is -3.92. The van der Waals surface area contributed by atoms with E-state index in [1.807, 2.05) is 0 Å². The Bertz CT molecular complexity index is 557. The smallest absolute Gasteiger partial charge is 0.318 e. The van der Waals surface area contributed by atoms with Gasteiger partial charge in [0, 0.05) is 18.1 Å². The first-order valence-electron chi connectivity index (χ1n) is 4.80. The Morgan fingerprint density at radius 1 is 1.50 bits per heavy atom. The molecule has 1 aromatic rings. The van der Waals surface area contributed by atoms with Crippen molar-refractivity contribution in [1.82, 2.24) is 4.31 Å². The van der Waals surface area contributed by atoms with Gasteiger partial charge in [0.15, 0.2) is 0 Å². The Labute approximate surface area is 110 Å². The van der Waals surface area contributed by atoms with Crippen molar-refractivity contribution in [3.8, 4) is 5.75 Å². The third kappa shape index (κ3) is 3.12. The van der Waals surface area contributed by atoms with Crippen LogP contribution in [0.2, 0.25) is 5.02 Å². The van der Waals surface area contributed by atoms with E-state index in [1.165, 1.54) is 32.4 Å². The summed E-state index contributed by atoms with van der Waals surface area (Å²) in [5, 5.41) is 8.93. The number of carboxylic acid groups (broad SMARTS) is 1. The van der Waals surface area contributed by atoms with Crippen LogP contribution < -0.4 is 4.74 Å². The SMILES string of the molecule is COc1cc(Cl)ccc1S(=O)(=O)N(C)CC(=O)O. The average molecular weight is 294 g/mol. The summed E-state index contributed by atoms with van der Waals surface area (Å²) in [5.74, 6) is -1.17. The molecule has 0 saturated heterocycles. The Hall–Kier alpha value is -1.31. The molecular weight excluding hydrogens is 282 g/mol. The Balaban J connectivity index is 3.24. The molecule has 0 bridgehead atoms. The molecule has 0 aliphatic heterocycles. The number of methoxy groups -OCH3 is 1. The van der Waals surface area contributed by atoms with E-state index in [2.05, 4.69) is 0 Å². The second-order valence-corrected chi connectivity index (χ2v) is 5.90. The number of rotatable bonds is 5. The third-order valence-corrected chi connectivity index (χ3v) is 4.25. The first-order valence-corrected chi connectivity index (χ1v) is 6.62. The number of halogens is 1. The van der Waals surface area contributed by atoms with E-state index >= 15 is 0 Å². The highest BCUT2D eigenvalue weighted by Gasteiger charge is 2.26.